The van der Waals surface area contributed by atoms with Crippen LogP contribution < -0.4 is 0 Å². The highest BCUT2D eigenvalue weighted by Gasteiger charge is 2.27. The number of carbonyl (C=O) groups is 1. The number of furan rings is 1. The van der Waals surface area contributed by atoms with Gasteiger partial charge >= 0.3 is 0 Å². The first-order valence-electron chi connectivity index (χ1n) is 7.80. The van der Waals surface area contributed by atoms with Crippen LogP contribution in [-0.4, -0.2) is 33.9 Å². The molecule has 1 aromatic carbocycles. The Balaban J connectivity index is 1.46. The Hall–Kier alpha value is -2.15. The molecule has 0 saturated carbocycles. The molecule has 7 heteroatoms. The highest BCUT2D eigenvalue weighted by Crippen LogP contribution is 2.29. The van der Waals surface area contributed by atoms with Gasteiger partial charge in [0.25, 0.3) is 5.91 Å². The van der Waals surface area contributed by atoms with E-state index < -0.39 is 0 Å². The van der Waals surface area contributed by atoms with Crippen molar-refractivity contribution in [1.82, 2.24) is 14.9 Å². The number of hydrogen-bond acceptors (Lipinski definition) is 3. The Bertz CT molecular complexity index is 896. The second-order valence-corrected chi connectivity index (χ2v) is 6.74. The van der Waals surface area contributed by atoms with E-state index in [0.717, 1.165) is 24.2 Å². The van der Waals surface area contributed by atoms with E-state index in [1.165, 1.54) is 12.1 Å². The first kappa shape index (κ1) is 15.4. The molecule has 0 bridgehead atoms. The summed E-state index contributed by atoms with van der Waals surface area (Å²) in [6, 6.07) is 7.94. The van der Waals surface area contributed by atoms with E-state index in [0.29, 0.717) is 29.0 Å². The van der Waals surface area contributed by atoms with Gasteiger partial charge in [0.2, 0.25) is 0 Å². The number of piperidine rings is 1. The van der Waals surface area contributed by atoms with Crippen LogP contribution in [0.25, 0.3) is 11.0 Å². The number of halogens is 2. The minimum atomic E-state index is -0.275. The summed E-state index contributed by atoms with van der Waals surface area (Å²) in [5.74, 6) is 1.09. The fourth-order valence-corrected chi connectivity index (χ4v) is 3.44. The third-order valence-electron chi connectivity index (χ3n) is 4.42. The molecule has 124 valence electrons. The summed E-state index contributed by atoms with van der Waals surface area (Å²) < 4.78 is 19.2. The Kier molecular flexibility index (Phi) is 3.88. The fourth-order valence-electron chi connectivity index (χ4n) is 3.14. The third kappa shape index (κ3) is 2.84. The lowest BCUT2D eigenvalue weighted by molar-refractivity contribution is 0.0677. The number of imidazole rings is 1. The number of nitrogens with one attached hydrogen (secondary N) is 1. The van der Waals surface area contributed by atoms with Gasteiger partial charge in [-0.3, -0.25) is 4.79 Å². The van der Waals surface area contributed by atoms with Crippen LogP contribution in [0.1, 0.15) is 35.1 Å². The molecule has 0 unspecified atom stereocenters. The standard InChI is InChI=1S/C17H15BrFN3O2/c18-15-4-3-14(24-15)17(23)22-7-5-10(6-8-22)16-20-12-2-1-11(19)9-13(12)21-16/h1-4,9-10H,5-8H2,(H,20,21). The van der Waals surface area contributed by atoms with E-state index >= 15 is 0 Å². The summed E-state index contributed by atoms with van der Waals surface area (Å²) in [6.45, 7) is 1.29. The van der Waals surface area contributed by atoms with Crippen molar-refractivity contribution in [3.05, 3.63) is 52.4 Å². The van der Waals surface area contributed by atoms with E-state index in [1.807, 2.05) is 0 Å². The maximum Gasteiger partial charge on any atom is 0.289 e. The van der Waals surface area contributed by atoms with Gasteiger partial charge in [-0.15, -0.1) is 0 Å². The van der Waals surface area contributed by atoms with Crippen molar-refractivity contribution < 1.29 is 13.6 Å². The topological polar surface area (TPSA) is 62.1 Å². The number of carbonyl (C=O) groups excluding carboxylic acids is 1. The summed E-state index contributed by atoms with van der Waals surface area (Å²) in [4.78, 5) is 21.9. The first-order valence-corrected chi connectivity index (χ1v) is 8.59. The molecule has 24 heavy (non-hydrogen) atoms. The summed E-state index contributed by atoms with van der Waals surface area (Å²) in [6.07, 6.45) is 1.63. The third-order valence-corrected chi connectivity index (χ3v) is 4.84. The van der Waals surface area contributed by atoms with Crippen molar-refractivity contribution in [1.29, 1.82) is 0 Å². The fraction of sp³-hybridized carbons (Fsp3) is 0.294. The number of hydrogen-bond donors (Lipinski definition) is 1. The number of nitrogens with zero attached hydrogens (tertiary/aromatic N) is 2. The van der Waals surface area contributed by atoms with Gasteiger partial charge in [-0.05, 0) is 59.1 Å². The smallest absolute Gasteiger partial charge is 0.289 e. The van der Waals surface area contributed by atoms with E-state index in [-0.39, 0.29) is 17.6 Å². The van der Waals surface area contributed by atoms with Crippen molar-refractivity contribution in [2.24, 2.45) is 0 Å². The van der Waals surface area contributed by atoms with Crippen LogP contribution in [0.5, 0.6) is 0 Å². The normalized spacial score (nSPS) is 16.0. The molecule has 1 saturated heterocycles. The van der Waals surface area contributed by atoms with Gasteiger partial charge in [0.1, 0.15) is 11.6 Å². The van der Waals surface area contributed by atoms with E-state index in [2.05, 4.69) is 25.9 Å². The van der Waals surface area contributed by atoms with Gasteiger partial charge in [0, 0.05) is 19.0 Å². The minimum absolute atomic E-state index is 0.0918. The highest BCUT2D eigenvalue weighted by molar-refractivity contribution is 9.10. The monoisotopic (exact) mass is 391 g/mol. The zero-order valence-electron chi connectivity index (χ0n) is 12.8. The van der Waals surface area contributed by atoms with Crippen LogP contribution in [-0.2, 0) is 0 Å². The Labute approximate surface area is 146 Å². The number of likely N-dealkylation sites (tertiary alicyclic amines) is 1. The molecule has 5 nitrogen and oxygen atoms in total. The second-order valence-electron chi connectivity index (χ2n) is 5.95. The second kappa shape index (κ2) is 6.05. The van der Waals surface area contributed by atoms with Crippen molar-refractivity contribution >= 4 is 32.9 Å². The van der Waals surface area contributed by atoms with E-state index in [4.69, 9.17) is 4.42 Å². The summed E-state index contributed by atoms with van der Waals surface area (Å²) in [7, 11) is 0. The molecule has 1 aliphatic heterocycles. The number of amides is 1. The molecule has 3 aromatic rings. The lowest BCUT2D eigenvalue weighted by atomic mass is 9.96. The SMILES string of the molecule is O=C(c1ccc(Br)o1)N1CCC(c2nc3ccc(F)cc3[nH]2)CC1. The van der Waals surface area contributed by atoms with E-state index in [9.17, 15) is 9.18 Å². The van der Waals surface area contributed by atoms with Crippen molar-refractivity contribution in [3.63, 3.8) is 0 Å². The van der Waals surface area contributed by atoms with Gasteiger partial charge in [0.05, 0.1) is 11.0 Å². The number of benzene rings is 1. The van der Waals surface area contributed by atoms with Gasteiger partial charge in [0.15, 0.2) is 10.4 Å². The predicted octanol–water partition coefficient (Wildman–Crippen LogP) is 4.08. The highest BCUT2D eigenvalue weighted by atomic mass is 79.9. The molecule has 0 radical (unpaired) electrons. The molecular weight excluding hydrogens is 377 g/mol. The molecule has 1 fully saturated rings. The molecule has 0 spiro atoms. The lowest BCUT2D eigenvalue weighted by Gasteiger charge is -2.30. The number of aromatic amines is 1. The Morgan fingerprint density at radius 3 is 2.79 bits per heavy atom. The van der Waals surface area contributed by atoms with Crippen LogP contribution in [0.15, 0.2) is 39.4 Å². The predicted molar refractivity (Wildman–Crippen MR) is 90.3 cm³/mol. The quantitative estimate of drug-likeness (QED) is 0.715. The van der Waals surface area contributed by atoms with Crippen molar-refractivity contribution in [2.75, 3.05) is 13.1 Å². The number of fused-ring (bicyclic) bond motifs is 1. The molecule has 3 heterocycles. The maximum atomic E-state index is 13.3. The molecular formula is C17H15BrFN3O2. The van der Waals surface area contributed by atoms with Crippen LogP contribution >= 0.6 is 15.9 Å². The number of H-pyrrole nitrogens is 1. The number of rotatable bonds is 2. The molecule has 1 amide bonds. The first-order chi connectivity index (χ1) is 11.6. The lowest BCUT2D eigenvalue weighted by Crippen LogP contribution is -2.37. The Morgan fingerprint density at radius 1 is 1.29 bits per heavy atom. The van der Waals surface area contributed by atoms with Crippen LogP contribution in [0.3, 0.4) is 0 Å². The molecule has 0 atom stereocenters. The number of aromatic nitrogens is 2. The molecule has 4 rings (SSSR count). The zero-order valence-corrected chi connectivity index (χ0v) is 14.3. The van der Waals surface area contributed by atoms with Gasteiger partial charge in [-0.25, -0.2) is 9.37 Å². The van der Waals surface area contributed by atoms with Gasteiger partial charge in [-0.1, -0.05) is 0 Å². The van der Waals surface area contributed by atoms with Gasteiger partial charge < -0.3 is 14.3 Å². The van der Waals surface area contributed by atoms with Crippen molar-refractivity contribution in [2.45, 2.75) is 18.8 Å². The minimum Gasteiger partial charge on any atom is -0.444 e. The van der Waals surface area contributed by atoms with Gasteiger partial charge in [-0.2, -0.15) is 0 Å². The summed E-state index contributed by atoms with van der Waals surface area (Å²) >= 11 is 3.21. The summed E-state index contributed by atoms with van der Waals surface area (Å²) in [5.41, 5.74) is 1.48. The Morgan fingerprint density at radius 2 is 2.08 bits per heavy atom. The van der Waals surface area contributed by atoms with E-state index in [1.54, 1.807) is 23.1 Å². The maximum absolute atomic E-state index is 13.3. The van der Waals surface area contributed by atoms with Crippen LogP contribution in [0, 0.1) is 5.82 Å². The van der Waals surface area contributed by atoms with Crippen molar-refractivity contribution in [3.8, 4) is 0 Å². The zero-order chi connectivity index (χ0) is 16.7. The molecule has 0 aliphatic carbocycles. The average molecular weight is 392 g/mol. The molecule has 1 aliphatic rings. The molecule has 2 aromatic heterocycles. The van der Waals surface area contributed by atoms with Crippen LogP contribution in [0.2, 0.25) is 0 Å². The largest absolute Gasteiger partial charge is 0.444 e. The van der Waals surface area contributed by atoms with Crippen LogP contribution in [0.4, 0.5) is 4.39 Å². The average Bonchev–Trinajstić information content (AvgIpc) is 3.20. The summed E-state index contributed by atoms with van der Waals surface area (Å²) in [5, 5.41) is 0. The molecule has 1 N–H and O–H groups in total.